The van der Waals surface area contributed by atoms with E-state index in [1.807, 2.05) is 0 Å². The average Bonchev–Trinajstić information content (AvgIpc) is 3.23. The predicted octanol–water partition coefficient (Wildman–Crippen LogP) is -1.06. The quantitative estimate of drug-likeness (QED) is 0.150. The number of hydrogen-bond acceptors (Lipinski definition) is 7. The molecular formula is C23H29N5O9. The van der Waals surface area contributed by atoms with Gasteiger partial charge in [-0.2, -0.15) is 0 Å². The highest BCUT2D eigenvalue weighted by Gasteiger charge is 2.30. The summed E-state index contributed by atoms with van der Waals surface area (Å²) in [5.74, 6) is -6.66. The lowest BCUT2D eigenvalue weighted by Crippen LogP contribution is -2.57. The second kappa shape index (κ2) is 13.0. The lowest BCUT2D eigenvalue weighted by molar-refractivity contribution is -0.141. The predicted molar refractivity (Wildman–Crippen MR) is 128 cm³/mol. The van der Waals surface area contributed by atoms with E-state index in [1.54, 1.807) is 30.5 Å². The van der Waals surface area contributed by atoms with Crippen LogP contribution in [0.1, 0.15) is 31.7 Å². The number of rotatable bonds is 14. The van der Waals surface area contributed by atoms with Crippen LogP contribution >= 0.6 is 0 Å². The number of amides is 3. The minimum atomic E-state index is -1.50. The molecule has 14 nitrogen and oxygen atoms in total. The number of aromatic amines is 1. The maximum absolute atomic E-state index is 13.1. The topological polar surface area (TPSA) is 241 Å². The first-order valence-electron chi connectivity index (χ1n) is 11.3. The number of carbonyl (C=O) groups is 6. The van der Waals surface area contributed by atoms with Crippen LogP contribution in [-0.2, 0) is 35.2 Å². The third-order valence-corrected chi connectivity index (χ3v) is 5.47. The zero-order chi connectivity index (χ0) is 27.7. The van der Waals surface area contributed by atoms with Crippen LogP contribution in [-0.4, -0.2) is 80.1 Å². The van der Waals surface area contributed by atoms with Crippen molar-refractivity contribution in [1.29, 1.82) is 0 Å². The first kappa shape index (κ1) is 28.8. The van der Waals surface area contributed by atoms with E-state index in [4.69, 9.17) is 21.1 Å². The summed E-state index contributed by atoms with van der Waals surface area (Å²) in [6, 6.07) is 1.63. The molecule has 0 saturated carbocycles. The maximum Gasteiger partial charge on any atom is 0.325 e. The first-order valence-corrected chi connectivity index (χ1v) is 11.3. The van der Waals surface area contributed by atoms with Crippen LogP contribution in [0.2, 0.25) is 0 Å². The fraction of sp³-hybridized carbons (Fsp3) is 0.391. The molecule has 2 rings (SSSR count). The van der Waals surface area contributed by atoms with E-state index in [2.05, 4.69) is 20.9 Å². The molecule has 1 heterocycles. The number of fused-ring (bicyclic) bond motifs is 1. The van der Waals surface area contributed by atoms with Crippen molar-refractivity contribution in [1.82, 2.24) is 20.9 Å². The Morgan fingerprint density at radius 3 is 2.14 bits per heavy atom. The molecule has 4 unspecified atom stereocenters. The van der Waals surface area contributed by atoms with Gasteiger partial charge >= 0.3 is 17.9 Å². The second-order valence-electron chi connectivity index (χ2n) is 8.39. The van der Waals surface area contributed by atoms with Crippen molar-refractivity contribution >= 4 is 46.5 Å². The van der Waals surface area contributed by atoms with Crippen LogP contribution in [0.3, 0.4) is 0 Å². The molecule has 14 heteroatoms. The van der Waals surface area contributed by atoms with E-state index in [9.17, 15) is 28.8 Å². The molecule has 0 aliphatic heterocycles. The zero-order valence-corrected chi connectivity index (χ0v) is 19.9. The molecule has 0 fully saturated rings. The summed E-state index contributed by atoms with van der Waals surface area (Å²) in [4.78, 5) is 74.5. The number of carbonyl (C=O) groups excluding carboxylic acids is 3. The summed E-state index contributed by atoms with van der Waals surface area (Å²) in [7, 11) is 0. The highest BCUT2D eigenvalue weighted by molar-refractivity contribution is 5.95. The summed E-state index contributed by atoms with van der Waals surface area (Å²) < 4.78 is 0. The summed E-state index contributed by atoms with van der Waals surface area (Å²) >= 11 is 0. The Morgan fingerprint density at radius 1 is 0.892 bits per heavy atom. The van der Waals surface area contributed by atoms with Gasteiger partial charge in [-0.05, 0) is 25.0 Å². The van der Waals surface area contributed by atoms with Crippen LogP contribution in [0.25, 0.3) is 10.9 Å². The molecule has 0 spiro atoms. The summed E-state index contributed by atoms with van der Waals surface area (Å²) in [5.41, 5.74) is 6.93. The SMILES string of the molecule is CC(NC(=O)C(Cc1c[nH]c2ccccc12)NC(=O)C(CCC(=O)O)NC(=O)C(N)CC(=O)O)C(=O)O. The van der Waals surface area contributed by atoms with Crippen LogP contribution in [0, 0.1) is 0 Å². The van der Waals surface area contributed by atoms with Crippen molar-refractivity contribution in [3.05, 3.63) is 36.0 Å². The van der Waals surface area contributed by atoms with Crippen molar-refractivity contribution in [2.75, 3.05) is 0 Å². The number of nitrogens with two attached hydrogens (primary N) is 1. The van der Waals surface area contributed by atoms with Gasteiger partial charge in [-0.15, -0.1) is 0 Å². The molecule has 1 aromatic heterocycles. The van der Waals surface area contributed by atoms with Gasteiger partial charge in [0, 0.05) is 29.9 Å². The van der Waals surface area contributed by atoms with Gasteiger partial charge in [-0.3, -0.25) is 28.8 Å². The highest BCUT2D eigenvalue weighted by Crippen LogP contribution is 2.19. The highest BCUT2D eigenvalue weighted by atomic mass is 16.4. The molecule has 200 valence electrons. The molecule has 0 radical (unpaired) electrons. The molecule has 1 aromatic carbocycles. The number of aromatic nitrogens is 1. The van der Waals surface area contributed by atoms with Gasteiger partial charge in [-0.1, -0.05) is 18.2 Å². The lowest BCUT2D eigenvalue weighted by atomic mass is 10.0. The van der Waals surface area contributed by atoms with Gasteiger partial charge in [0.25, 0.3) is 0 Å². The van der Waals surface area contributed by atoms with E-state index in [0.717, 1.165) is 10.9 Å². The molecule has 9 N–H and O–H groups in total. The normalized spacial score (nSPS) is 14.1. The van der Waals surface area contributed by atoms with E-state index in [-0.39, 0.29) is 12.8 Å². The second-order valence-corrected chi connectivity index (χ2v) is 8.39. The minimum Gasteiger partial charge on any atom is -0.481 e. The monoisotopic (exact) mass is 519 g/mol. The van der Waals surface area contributed by atoms with Gasteiger partial charge in [-0.25, -0.2) is 0 Å². The van der Waals surface area contributed by atoms with E-state index in [1.165, 1.54) is 6.92 Å². The Kier molecular flexibility index (Phi) is 10.1. The van der Waals surface area contributed by atoms with Crippen LogP contribution < -0.4 is 21.7 Å². The Bertz CT molecular complexity index is 1180. The number of H-pyrrole nitrogens is 1. The van der Waals surface area contributed by atoms with E-state index in [0.29, 0.717) is 5.56 Å². The third-order valence-electron chi connectivity index (χ3n) is 5.47. The third kappa shape index (κ3) is 8.61. The number of aliphatic carboxylic acids is 3. The van der Waals surface area contributed by atoms with Gasteiger partial charge in [0.2, 0.25) is 17.7 Å². The van der Waals surface area contributed by atoms with Gasteiger partial charge in [0.05, 0.1) is 12.5 Å². The number of carboxylic acids is 3. The van der Waals surface area contributed by atoms with Gasteiger partial charge in [0.15, 0.2) is 0 Å². The van der Waals surface area contributed by atoms with Crippen LogP contribution in [0.15, 0.2) is 30.5 Å². The molecule has 37 heavy (non-hydrogen) atoms. The summed E-state index contributed by atoms with van der Waals surface area (Å²) in [6.07, 6.45) is -0.0578. The number of benzene rings is 1. The van der Waals surface area contributed by atoms with Crippen molar-refractivity contribution in [2.45, 2.75) is 56.8 Å². The van der Waals surface area contributed by atoms with E-state index < -0.39 is 72.6 Å². The standard InChI is InChI=1S/C23H29N5O9/c1-11(23(36)37)26-22(35)17(8-12-10-25-15-5-3-2-4-13(12)15)28-21(34)16(6-7-18(29)30)27-20(33)14(24)9-19(31)32/h2-5,10-11,14,16-17,25H,6-9,24H2,1H3,(H,26,35)(H,27,33)(H,28,34)(H,29,30)(H,31,32)(H,36,37). The fourth-order valence-electron chi connectivity index (χ4n) is 3.47. The molecule has 0 aliphatic rings. The molecule has 0 bridgehead atoms. The molecule has 2 aromatic rings. The Morgan fingerprint density at radius 2 is 1.51 bits per heavy atom. The number of carboxylic acid groups (broad SMARTS) is 3. The van der Waals surface area contributed by atoms with Gasteiger partial charge < -0.3 is 42.0 Å². The zero-order valence-electron chi connectivity index (χ0n) is 19.9. The Hall–Kier alpha value is -4.46. The average molecular weight is 520 g/mol. The molecule has 4 atom stereocenters. The molecule has 3 amide bonds. The van der Waals surface area contributed by atoms with Crippen molar-refractivity contribution in [2.24, 2.45) is 5.73 Å². The number of para-hydroxylation sites is 1. The molecule has 0 aliphatic carbocycles. The fourth-order valence-corrected chi connectivity index (χ4v) is 3.47. The Labute approximate surface area is 210 Å². The smallest absolute Gasteiger partial charge is 0.325 e. The number of nitrogens with one attached hydrogen (secondary N) is 4. The first-order chi connectivity index (χ1) is 17.4. The van der Waals surface area contributed by atoms with Crippen molar-refractivity contribution in [3.63, 3.8) is 0 Å². The summed E-state index contributed by atoms with van der Waals surface area (Å²) in [5, 5.41) is 34.7. The van der Waals surface area contributed by atoms with Crippen molar-refractivity contribution < 1.29 is 44.1 Å². The lowest BCUT2D eigenvalue weighted by Gasteiger charge is -2.24. The van der Waals surface area contributed by atoms with E-state index >= 15 is 0 Å². The summed E-state index contributed by atoms with van der Waals surface area (Å²) in [6.45, 7) is 1.24. The molecule has 0 saturated heterocycles. The minimum absolute atomic E-state index is 0.0634. The molecular weight excluding hydrogens is 490 g/mol. The van der Waals surface area contributed by atoms with Crippen molar-refractivity contribution in [3.8, 4) is 0 Å². The number of hydrogen-bond donors (Lipinski definition) is 8. The van der Waals surface area contributed by atoms with Crippen LogP contribution in [0.5, 0.6) is 0 Å². The maximum atomic E-state index is 13.1. The van der Waals surface area contributed by atoms with Crippen LogP contribution in [0.4, 0.5) is 0 Å². The Balaban J connectivity index is 2.28. The van der Waals surface area contributed by atoms with Gasteiger partial charge in [0.1, 0.15) is 18.1 Å². The largest absolute Gasteiger partial charge is 0.481 e.